The predicted octanol–water partition coefficient (Wildman–Crippen LogP) is 5.25. The number of halogens is 4. The van der Waals surface area contributed by atoms with E-state index in [4.69, 9.17) is 23.2 Å². The minimum absolute atomic E-state index is 0.113. The Morgan fingerprint density at radius 3 is 2.50 bits per heavy atom. The van der Waals surface area contributed by atoms with Crippen LogP contribution in [-0.4, -0.2) is 0 Å². The third-order valence-electron chi connectivity index (χ3n) is 2.81. The van der Waals surface area contributed by atoms with Gasteiger partial charge < -0.3 is 0 Å². The van der Waals surface area contributed by atoms with Crippen molar-refractivity contribution in [3.05, 3.63) is 69.7 Å². The summed E-state index contributed by atoms with van der Waals surface area (Å²) in [4.78, 5) is 0. The summed E-state index contributed by atoms with van der Waals surface area (Å²) in [5.41, 5.74) is 1.55. The number of hydrogen-bond donors (Lipinski definition) is 0. The second-order valence-electron chi connectivity index (χ2n) is 3.98. The van der Waals surface area contributed by atoms with Crippen molar-refractivity contribution in [3.63, 3.8) is 0 Å². The number of alkyl halides is 1. The first-order valence-electron chi connectivity index (χ1n) is 5.34. The van der Waals surface area contributed by atoms with Crippen LogP contribution in [0.4, 0.5) is 8.78 Å². The molecular formula is C14H10Cl2F2. The third-order valence-corrected chi connectivity index (χ3v) is 3.69. The first-order chi connectivity index (χ1) is 8.50. The number of rotatable bonds is 2. The van der Waals surface area contributed by atoms with Crippen LogP contribution in [0.1, 0.15) is 22.1 Å². The zero-order valence-electron chi connectivity index (χ0n) is 9.55. The molecular weight excluding hydrogens is 277 g/mol. The van der Waals surface area contributed by atoms with Gasteiger partial charge in [0, 0.05) is 10.6 Å². The van der Waals surface area contributed by atoms with Crippen LogP contribution in [0.5, 0.6) is 0 Å². The lowest BCUT2D eigenvalue weighted by Crippen LogP contribution is -2.00. The second kappa shape index (κ2) is 5.25. The maximum Gasteiger partial charge on any atom is 0.128 e. The van der Waals surface area contributed by atoms with Crippen molar-refractivity contribution in [1.29, 1.82) is 0 Å². The summed E-state index contributed by atoms with van der Waals surface area (Å²) in [6, 6.07) is 8.45. The van der Waals surface area contributed by atoms with E-state index in [1.54, 1.807) is 25.1 Å². The highest BCUT2D eigenvalue weighted by atomic mass is 35.5. The minimum Gasteiger partial charge on any atom is -0.207 e. The number of benzene rings is 2. The summed E-state index contributed by atoms with van der Waals surface area (Å²) in [7, 11) is 0. The van der Waals surface area contributed by atoms with Crippen LogP contribution in [0.2, 0.25) is 5.02 Å². The lowest BCUT2D eigenvalue weighted by Gasteiger charge is -2.15. The molecule has 0 aromatic heterocycles. The SMILES string of the molecule is Cc1c(Cl)cccc1C(Cl)c1cc(F)ccc1F. The lowest BCUT2D eigenvalue weighted by atomic mass is 9.99. The van der Waals surface area contributed by atoms with Gasteiger partial charge >= 0.3 is 0 Å². The molecule has 0 aliphatic rings. The third kappa shape index (κ3) is 2.50. The van der Waals surface area contributed by atoms with Crippen LogP contribution in [0.25, 0.3) is 0 Å². The molecule has 0 nitrogen and oxygen atoms in total. The molecule has 0 aliphatic heterocycles. The van der Waals surface area contributed by atoms with E-state index in [1.807, 2.05) is 0 Å². The maximum atomic E-state index is 13.7. The van der Waals surface area contributed by atoms with E-state index < -0.39 is 17.0 Å². The first-order valence-corrected chi connectivity index (χ1v) is 6.16. The molecule has 1 atom stereocenters. The Labute approximate surface area is 114 Å². The highest BCUT2D eigenvalue weighted by Gasteiger charge is 2.18. The molecule has 18 heavy (non-hydrogen) atoms. The van der Waals surface area contributed by atoms with Crippen molar-refractivity contribution in [3.8, 4) is 0 Å². The molecule has 94 valence electrons. The predicted molar refractivity (Wildman–Crippen MR) is 70.2 cm³/mol. The summed E-state index contributed by atoms with van der Waals surface area (Å²) in [5.74, 6) is -1.05. The maximum absolute atomic E-state index is 13.7. The summed E-state index contributed by atoms with van der Waals surface area (Å²) in [6.07, 6.45) is 0. The monoisotopic (exact) mass is 286 g/mol. The van der Waals surface area contributed by atoms with Gasteiger partial charge in [-0.15, -0.1) is 11.6 Å². The smallest absolute Gasteiger partial charge is 0.128 e. The zero-order valence-corrected chi connectivity index (χ0v) is 11.1. The van der Waals surface area contributed by atoms with Crippen molar-refractivity contribution in [2.75, 3.05) is 0 Å². The van der Waals surface area contributed by atoms with Gasteiger partial charge in [-0.05, 0) is 42.3 Å². The fourth-order valence-corrected chi connectivity index (χ4v) is 2.36. The Morgan fingerprint density at radius 1 is 1.06 bits per heavy atom. The van der Waals surface area contributed by atoms with Crippen LogP contribution in [0.3, 0.4) is 0 Å². The Bertz CT molecular complexity index is 580. The molecule has 1 unspecified atom stereocenters. The van der Waals surface area contributed by atoms with Crippen molar-refractivity contribution in [1.82, 2.24) is 0 Å². The van der Waals surface area contributed by atoms with Gasteiger partial charge in [-0.1, -0.05) is 23.7 Å². The van der Waals surface area contributed by atoms with Gasteiger partial charge in [-0.25, -0.2) is 8.78 Å². The topological polar surface area (TPSA) is 0 Å². The van der Waals surface area contributed by atoms with Crippen LogP contribution in [0, 0.1) is 18.6 Å². The Hall–Kier alpha value is -1.12. The largest absolute Gasteiger partial charge is 0.207 e. The quantitative estimate of drug-likeness (QED) is 0.661. The molecule has 0 heterocycles. The van der Waals surface area contributed by atoms with E-state index >= 15 is 0 Å². The summed E-state index contributed by atoms with van der Waals surface area (Å²) in [6.45, 7) is 1.80. The summed E-state index contributed by atoms with van der Waals surface area (Å²) in [5, 5.41) is -0.214. The molecule has 0 spiro atoms. The molecule has 2 aromatic carbocycles. The highest BCUT2D eigenvalue weighted by Crippen LogP contribution is 2.34. The molecule has 0 saturated carbocycles. The fraction of sp³-hybridized carbons (Fsp3) is 0.143. The second-order valence-corrected chi connectivity index (χ2v) is 4.83. The van der Waals surface area contributed by atoms with Crippen LogP contribution >= 0.6 is 23.2 Å². The van der Waals surface area contributed by atoms with Gasteiger partial charge in [0.2, 0.25) is 0 Å². The van der Waals surface area contributed by atoms with E-state index in [-0.39, 0.29) is 5.56 Å². The van der Waals surface area contributed by atoms with Crippen molar-refractivity contribution < 1.29 is 8.78 Å². The molecule has 0 amide bonds. The van der Waals surface area contributed by atoms with Gasteiger partial charge in [0.1, 0.15) is 11.6 Å². The van der Waals surface area contributed by atoms with Gasteiger partial charge in [-0.2, -0.15) is 0 Å². The first kappa shape index (κ1) is 13.3. The van der Waals surface area contributed by atoms with E-state index in [0.29, 0.717) is 10.6 Å². The minimum atomic E-state index is -0.764. The molecule has 2 aromatic rings. The Morgan fingerprint density at radius 2 is 1.78 bits per heavy atom. The molecule has 0 N–H and O–H groups in total. The van der Waals surface area contributed by atoms with Gasteiger partial charge in [0.15, 0.2) is 0 Å². The van der Waals surface area contributed by atoms with E-state index in [2.05, 4.69) is 0 Å². The molecule has 4 heteroatoms. The van der Waals surface area contributed by atoms with E-state index in [0.717, 1.165) is 23.8 Å². The average molecular weight is 287 g/mol. The van der Waals surface area contributed by atoms with Crippen molar-refractivity contribution >= 4 is 23.2 Å². The van der Waals surface area contributed by atoms with E-state index in [1.165, 1.54) is 0 Å². The van der Waals surface area contributed by atoms with E-state index in [9.17, 15) is 8.78 Å². The van der Waals surface area contributed by atoms with Crippen molar-refractivity contribution in [2.24, 2.45) is 0 Å². The van der Waals surface area contributed by atoms with Gasteiger partial charge in [0.25, 0.3) is 0 Å². The summed E-state index contributed by atoms with van der Waals surface area (Å²) < 4.78 is 26.8. The molecule has 0 fully saturated rings. The average Bonchev–Trinajstić information content (AvgIpc) is 2.35. The summed E-state index contributed by atoms with van der Waals surface area (Å²) >= 11 is 12.2. The van der Waals surface area contributed by atoms with Crippen LogP contribution < -0.4 is 0 Å². The van der Waals surface area contributed by atoms with Crippen molar-refractivity contribution in [2.45, 2.75) is 12.3 Å². The Kier molecular flexibility index (Phi) is 3.88. The van der Waals surface area contributed by atoms with Crippen LogP contribution in [0.15, 0.2) is 36.4 Å². The lowest BCUT2D eigenvalue weighted by molar-refractivity contribution is 0.587. The standard InChI is InChI=1S/C14H10Cl2F2/c1-8-10(3-2-4-12(8)15)14(16)11-7-9(17)5-6-13(11)18/h2-7,14H,1H3. The molecule has 2 rings (SSSR count). The highest BCUT2D eigenvalue weighted by molar-refractivity contribution is 6.31. The number of hydrogen-bond acceptors (Lipinski definition) is 0. The van der Waals surface area contributed by atoms with Crippen LogP contribution in [-0.2, 0) is 0 Å². The molecule has 0 aliphatic carbocycles. The molecule has 0 bridgehead atoms. The normalized spacial score (nSPS) is 12.5. The van der Waals surface area contributed by atoms with Gasteiger partial charge in [-0.3, -0.25) is 0 Å². The fourth-order valence-electron chi connectivity index (χ4n) is 1.78. The molecule has 0 saturated heterocycles. The zero-order chi connectivity index (χ0) is 13.3. The van der Waals surface area contributed by atoms with Gasteiger partial charge in [0.05, 0.1) is 5.38 Å². The Balaban J connectivity index is 2.51. The molecule has 0 radical (unpaired) electrons.